The lowest BCUT2D eigenvalue weighted by atomic mass is 10.2. The van der Waals surface area contributed by atoms with Crippen LogP contribution in [0.25, 0.3) is 0 Å². The molecule has 0 bridgehead atoms. The second-order valence-electron chi connectivity index (χ2n) is 4.61. The second-order valence-corrected chi connectivity index (χ2v) is 8.07. The summed E-state index contributed by atoms with van der Waals surface area (Å²) in [5.41, 5.74) is 0. The Bertz CT molecular complexity index is 699. The lowest BCUT2D eigenvalue weighted by molar-refractivity contribution is 0.213. The van der Waals surface area contributed by atoms with Gasteiger partial charge in [0.15, 0.2) is 0 Å². The molecular weight excluding hydrogens is 304 g/mol. The van der Waals surface area contributed by atoms with Crippen molar-refractivity contribution in [3.05, 3.63) is 24.3 Å². The topological polar surface area (TPSA) is 118 Å². The SMILES string of the molecule is NS(=O)(=O)c1cccc(S(=O)(=O)N2CCC[C@@H]2CO)c1. The number of rotatable bonds is 4. The average Bonchev–Trinajstić information content (AvgIpc) is 2.87. The number of aliphatic hydroxyl groups excluding tert-OH is 1. The molecule has 2 rings (SSSR count). The van der Waals surface area contributed by atoms with Crippen molar-refractivity contribution in [3.63, 3.8) is 0 Å². The Morgan fingerprint density at radius 3 is 2.50 bits per heavy atom. The summed E-state index contributed by atoms with van der Waals surface area (Å²) in [5.74, 6) is 0. The Morgan fingerprint density at radius 2 is 1.90 bits per heavy atom. The summed E-state index contributed by atoms with van der Waals surface area (Å²) in [6.07, 6.45) is 1.25. The zero-order valence-corrected chi connectivity index (χ0v) is 12.3. The summed E-state index contributed by atoms with van der Waals surface area (Å²) in [6, 6.07) is 4.46. The van der Waals surface area contributed by atoms with E-state index >= 15 is 0 Å². The van der Waals surface area contributed by atoms with Crippen LogP contribution in [-0.2, 0) is 20.0 Å². The molecule has 0 amide bonds. The van der Waals surface area contributed by atoms with Gasteiger partial charge in [-0.05, 0) is 31.0 Å². The van der Waals surface area contributed by atoms with E-state index in [2.05, 4.69) is 0 Å². The second kappa shape index (κ2) is 5.41. The third-order valence-electron chi connectivity index (χ3n) is 3.27. The van der Waals surface area contributed by atoms with Crippen molar-refractivity contribution in [2.45, 2.75) is 28.7 Å². The van der Waals surface area contributed by atoms with Crippen LogP contribution in [-0.4, -0.2) is 45.4 Å². The molecule has 3 N–H and O–H groups in total. The molecule has 1 aliphatic rings. The van der Waals surface area contributed by atoms with Gasteiger partial charge in [0.05, 0.1) is 16.4 Å². The van der Waals surface area contributed by atoms with Crippen LogP contribution in [0, 0.1) is 0 Å². The summed E-state index contributed by atoms with van der Waals surface area (Å²) in [6.45, 7) is 0.0568. The fraction of sp³-hybridized carbons (Fsp3) is 0.455. The Labute approximate surface area is 118 Å². The van der Waals surface area contributed by atoms with E-state index in [0.29, 0.717) is 19.4 Å². The summed E-state index contributed by atoms with van der Waals surface area (Å²) < 4.78 is 48.7. The average molecular weight is 320 g/mol. The highest BCUT2D eigenvalue weighted by Crippen LogP contribution is 2.26. The fourth-order valence-electron chi connectivity index (χ4n) is 2.26. The van der Waals surface area contributed by atoms with Crippen LogP contribution in [0.2, 0.25) is 0 Å². The van der Waals surface area contributed by atoms with Crippen molar-refractivity contribution in [1.82, 2.24) is 4.31 Å². The Morgan fingerprint density at radius 1 is 1.25 bits per heavy atom. The van der Waals surface area contributed by atoms with Crippen LogP contribution in [0.4, 0.5) is 0 Å². The van der Waals surface area contributed by atoms with Gasteiger partial charge in [-0.3, -0.25) is 0 Å². The molecule has 0 radical (unpaired) electrons. The molecular formula is C11H16N2O5S2. The highest BCUT2D eigenvalue weighted by Gasteiger charge is 2.35. The maximum atomic E-state index is 12.5. The van der Waals surface area contributed by atoms with E-state index in [-0.39, 0.29) is 16.4 Å². The van der Waals surface area contributed by atoms with Crippen molar-refractivity contribution in [2.75, 3.05) is 13.2 Å². The van der Waals surface area contributed by atoms with Crippen LogP contribution in [0.5, 0.6) is 0 Å². The van der Waals surface area contributed by atoms with Crippen molar-refractivity contribution in [1.29, 1.82) is 0 Å². The van der Waals surface area contributed by atoms with Gasteiger partial charge in [-0.1, -0.05) is 6.07 Å². The predicted molar refractivity (Wildman–Crippen MR) is 71.8 cm³/mol. The fourth-order valence-corrected chi connectivity index (χ4v) is 4.62. The highest BCUT2D eigenvalue weighted by atomic mass is 32.2. The molecule has 0 saturated carbocycles. The number of primary sulfonamides is 1. The van der Waals surface area contributed by atoms with Gasteiger partial charge in [0.2, 0.25) is 20.0 Å². The lowest BCUT2D eigenvalue weighted by Crippen LogP contribution is -2.37. The number of aliphatic hydroxyl groups is 1. The number of benzene rings is 1. The predicted octanol–water partition coefficient (Wildman–Crippen LogP) is -0.521. The number of nitrogens with two attached hydrogens (primary N) is 1. The van der Waals surface area contributed by atoms with Crippen LogP contribution in [0.15, 0.2) is 34.1 Å². The quantitative estimate of drug-likeness (QED) is 0.774. The van der Waals surface area contributed by atoms with Crippen LogP contribution in [0.1, 0.15) is 12.8 Å². The molecule has 1 atom stereocenters. The molecule has 1 aromatic carbocycles. The molecule has 1 saturated heterocycles. The maximum Gasteiger partial charge on any atom is 0.243 e. The molecule has 1 fully saturated rings. The monoisotopic (exact) mass is 320 g/mol. The molecule has 0 spiro atoms. The minimum atomic E-state index is -3.96. The van der Waals surface area contributed by atoms with E-state index in [1.54, 1.807) is 0 Å². The first-order valence-corrected chi connectivity index (χ1v) is 9.01. The molecule has 20 heavy (non-hydrogen) atoms. The number of sulfonamides is 2. The summed E-state index contributed by atoms with van der Waals surface area (Å²) in [7, 11) is -7.79. The third kappa shape index (κ3) is 2.86. The number of hydrogen-bond donors (Lipinski definition) is 2. The Hall–Kier alpha value is -1.00. The minimum Gasteiger partial charge on any atom is -0.395 e. The first-order valence-electron chi connectivity index (χ1n) is 6.02. The van der Waals surface area contributed by atoms with E-state index in [4.69, 9.17) is 5.14 Å². The third-order valence-corrected chi connectivity index (χ3v) is 6.13. The molecule has 7 nitrogen and oxygen atoms in total. The summed E-state index contributed by atoms with van der Waals surface area (Å²) >= 11 is 0. The van der Waals surface area contributed by atoms with E-state index < -0.39 is 26.1 Å². The number of nitrogens with zero attached hydrogens (tertiary/aromatic N) is 1. The molecule has 0 unspecified atom stereocenters. The molecule has 1 heterocycles. The van der Waals surface area contributed by atoms with E-state index in [0.717, 1.165) is 6.07 Å². The Kier molecular flexibility index (Phi) is 4.17. The van der Waals surface area contributed by atoms with Crippen molar-refractivity contribution in [3.8, 4) is 0 Å². The van der Waals surface area contributed by atoms with Crippen molar-refractivity contribution in [2.24, 2.45) is 5.14 Å². The van der Waals surface area contributed by atoms with Gasteiger partial charge in [0.1, 0.15) is 0 Å². The first kappa shape index (κ1) is 15.4. The molecule has 9 heteroatoms. The Balaban J connectivity index is 2.45. The number of hydrogen-bond acceptors (Lipinski definition) is 5. The van der Waals surface area contributed by atoms with E-state index in [1.165, 1.54) is 22.5 Å². The lowest BCUT2D eigenvalue weighted by Gasteiger charge is -2.22. The van der Waals surface area contributed by atoms with Crippen molar-refractivity contribution >= 4 is 20.0 Å². The van der Waals surface area contributed by atoms with Gasteiger partial charge in [-0.15, -0.1) is 0 Å². The van der Waals surface area contributed by atoms with Crippen molar-refractivity contribution < 1.29 is 21.9 Å². The van der Waals surface area contributed by atoms with Gasteiger partial charge in [-0.2, -0.15) is 4.31 Å². The van der Waals surface area contributed by atoms with Crippen LogP contribution in [0.3, 0.4) is 0 Å². The molecule has 0 aliphatic carbocycles. The first-order chi connectivity index (χ1) is 9.26. The molecule has 112 valence electrons. The van der Waals surface area contributed by atoms with Gasteiger partial charge >= 0.3 is 0 Å². The zero-order valence-electron chi connectivity index (χ0n) is 10.6. The van der Waals surface area contributed by atoms with Gasteiger partial charge in [-0.25, -0.2) is 22.0 Å². The normalized spacial score (nSPS) is 21.2. The van der Waals surface area contributed by atoms with Gasteiger partial charge < -0.3 is 5.11 Å². The molecule has 1 aromatic rings. The van der Waals surface area contributed by atoms with Gasteiger partial charge in [0.25, 0.3) is 0 Å². The standard InChI is InChI=1S/C11H16N2O5S2/c12-19(15,16)10-4-1-5-11(7-10)20(17,18)13-6-2-3-9(13)8-14/h1,4-5,7,9,14H,2-3,6,8H2,(H2,12,15,16)/t9-/m1/s1. The largest absolute Gasteiger partial charge is 0.395 e. The van der Waals surface area contributed by atoms with E-state index in [1.807, 2.05) is 0 Å². The summed E-state index contributed by atoms with van der Waals surface area (Å²) in [4.78, 5) is -0.386. The molecule has 1 aliphatic heterocycles. The maximum absolute atomic E-state index is 12.5. The molecule has 0 aromatic heterocycles. The van der Waals surface area contributed by atoms with Crippen LogP contribution < -0.4 is 5.14 Å². The minimum absolute atomic E-state index is 0.135. The highest BCUT2D eigenvalue weighted by molar-refractivity contribution is 7.90. The summed E-state index contributed by atoms with van der Waals surface area (Å²) in [5, 5.41) is 14.2. The van der Waals surface area contributed by atoms with Crippen LogP contribution >= 0.6 is 0 Å². The van der Waals surface area contributed by atoms with Gasteiger partial charge in [0, 0.05) is 12.6 Å². The smallest absolute Gasteiger partial charge is 0.243 e. The zero-order chi connectivity index (χ0) is 15.0. The van der Waals surface area contributed by atoms with E-state index in [9.17, 15) is 21.9 Å².